The van der Waals surface area contributed by atoms with Crippen LogP contribution in [0, 0.1) is 5.92 Å². The number of hydrogen-bond acceptors (Lipinski definition) is 6. The molecule has 34 heavy (non-hydrogen) atoms. The normalized spacial score (nSPS) is 21.4. The lowest BCUT2D eigenvalue weighted by molar-refractivity contribution is -0.0426. The van der Waals surface area contributed by atoms with Crippen LogP contribution in [0.15, 0.2) is 91.0 Å². The van der Waals surface area contributed by atoms with Crippen LogP contribution in [0.4, 0.5) is 0 Å². The van der Waals surface area contributed by atoms with Crippen molar-refractivity contribution in [1.82, 2.24) is 0 Å². The third-order valence-corrected chi connectivity index (χ3v) is 6.04. The summed E-state index contributed by atoms with van der Waals surface area (Å²) >= 11 is 6.55. The van der Waals surface area contributed by atoms with Crippen molar-refractivity contribution in [3.8, 4) is 0 Å². The van der Waals surface area contributed by atoms with Crippen LogP contribution in [0.25, 0.3) is 0 Å². The first-order valence-corrected chi connectivity index (χ1v) is 11.3. The van der Waals surface area contributed by atoms with E-state index in [1.807, 2.05) is 0 Å². The van der Waals surface area contributed by atoms with E-state index in [2.05, 4.69) is 0 Å². The molecule has 4 unspecified atom stereocenters. The minimum Gasteiger partial charge on any atom is -0.462 e. The average Bonchev–Trinajstić information content (AvgIpc) is 3.17. The van der Waals surface area contributed by atoms with Crippen molar-refractivity contribution < 1.29 is 28.6 Å². The van der Waals surface area contributed by atoms with Gasteiger partial charge in [-0.05, 0) is 42.8 Å². The maximum Gasteiger partial charge on any atom is 0.338 e. The fraction of sp³-hybridized carbons (Fsp3) is 0.222. The van der Waals surface area contributed by atoms with Gasteiger partial charge in [0.15, 0.2) is 6.10 Å². The van der Waals surface area contributed by atoms with E-state index in [0.717, 1.165) is 0 Å². The summed E-state index contributed by atoms with van der Waals surface area (Å²) in [5.41, 5.74) is 1.12. The Morgan fingerprint density at radius 1 is 0.647 bits per heavy atom. The largest absolute Gasteiger partial charge is 0.462 e. The summed E-state index contributed by atoms with van der Waals surface area (Å²) in [6.45, 7) is -0.0386. The lowest BCUT2D eigenvalue weighted by atomic mass is 10.1. The molecular weight excluding hydrogens is 456 g/mol. The highest BCUT2D eigenvalue weighted by Crippen LogP contribution is 2.36. The molecule has 1 aliphatic rings. The summed E-state index contributed by atoms with van der Waals surface area (Å²) in [6, 6.07) is 25.6. The van der Waals surface area contributed by atoms with E-state index in [1.54, 1.807) is 91.0 Å². The summed E-state index contributed by atoms with van der Waals surface area (Å²) in [4.78, 5) is 37.9. The molecule has 3 aromatic rings. The maximum absolute atomic E-state index is 12.8. The van der Waals surface area contributed by atoms with Crippen LogP contribution < -0.4 is 0 Å². The van der Waals surface area contributed by atoms with Crippen LogP contribution in [0.2, 0.25) is 0 Å². The Morgan fingerprint density at radius 3 is 1.53 bits per heavy atom. The van der Waals surface area contributed by atoms with E-state index in [-0.39, 0.29) is 6.61 Å². The first kappa shape index (κ1) is 23.5. The molecule has 4 rings (SSSR count). The van der Waals surface area contributed by atoms with Crippen LogP contribution in [0.3, 0.4) is 0 Å². The standard InChI is InChI=1S/C27H23ClO6/c28-22-16-21(17-32-25(29)18-10-4-1-5-11-18)23(33-26(30)19-12-6-2-7-13-19)24(22)34-27(31)20-14-8-3-9-15-20/h1-15,21-24H,16-17H2. The van der Waals surface area contributed by atoms with Crippen molar-refractivity contribution in [3.63, 3.8) is 0 Å². The molecule has 3 aromatic carbocycles. The van der Waals surface area contributed by atoms with Crippen LogP contribution in [0.5, 0.6) is 0 Å². The van der Waals surface area contributed by atoms with Crippen LogP contribution in [-0.4, -0.2) is 42.1 Å². The Bertz CT molecular complexity index is 1120. The fourth-order valence-electron chi connectivity index (χ4n) is 3.87. The van der Waals surface area contributed by atoms with Crippen LogP contribution in [0.1, 0.15) is 37.5 Å². The first-order chi connectivity index (χ1) is 16.5. The Morgan fingerprint density at radius 2 is 1.06 bits per heavy atom. The minimum atomic E-state index is -0.900. The number of halogens is 1. The van der Waals surface area contributed by atoms with E-state index >= 15 is 0 Å². The van der Waals surface area contributed by atoms with Crippen molar-refractivity contribution in [2.45, 2.75) is 24.0 Å². The van der Waals surface area contributed by atoms with Gasteiger partial charge in [-0.2, -0.15) is 0 Å². The number of carbonyl (C=O) groups excluding carboxylic acids is 3. The molecular formula is C27H23ClO6. The van der Waals surface area contributed by atoms with Gasteiger partial charge in [-0.15, -0.1) is 11.6 Å². The third kappa shape index (κ3) is 5.64. The average molecular weight is 479 g/mol. The number of alkyl halides is 1. The SMILES string of the molecule is O=C(OCC1CC(Cl)C(OC(=O)c2ccccc2)C1OC(=O)c1ccccc1)c1ccccc1. The van der Waals surface area contributed by atoms with E-state index in [0.29, 0.717) is 23.1 Å². The molecule has 1 saturated carbocycles. The smallest absolute Gasteiger partial charge is 0.338 e. The summed E-state index contributed by atoms with van der Waals surface area (Å²) < 4.78 is 17.0. The van der Waals surface area contributed by atoms with Crippen molar-refractivity contribution in [1.29, 1.82) is 0 Å². The number of carbonyl (C=O) groups is 3. The van der Waals surface area contributed by atoms with Gasteiger partial charge in [-0.1, -0.05) is 54.6 Å². The topological polar surface area (TPSA) is 78.9 Å². The zero-order chi connectivity index (χ0) is 23.9. The van der Waals surface area contributed by atoms with Gasteiger partial charge in [0.05, 0.1) is 28.7 Å². The number of hydrogen-bond donors (Lipinski definition) is 0. The zero-order valence-corrected chi connectivity index (χ0v) is 19.0. The van der Waals surface area contributed by atoms with Gasteiger partial charge < -0.3 is 14.2 Å². The Kier molecular flexibility index (Phi) is 7.60. The zero-order valence-electron chi connectivity index (χ0n) is 18.2. The summed E-state index contributed by atoms with van der Waals surface area (Å²) in [5.74, 6) is -2.09. The highest BCUT2D eigenvalue weighted by Gasteiger charge is 2.48. The molecule has 7 heteroatoms. The molecule has 0 bridgehead atoms. The molecule has 0 heterocycles. The van der Waals surface area contributed by atoms with Gasteiger partial charge in [-0.25, -0.2) is 14.4 Å². The van der Waals surface area contributed by atoms with Crippen molar-refractivity contribution in [3.05, 3.63) is 108 Å². The van der Waals surface area contributed by atoms with Crippen LogP contribution in [-0.2, 0) is 14.2 Å². The minimum absolute atomic E-state index is 0.0386. The number of benzene rings is 3. The number of rotatable bonds is 7. The summed E-state index contributed by atoms with van der Waals surface area (Å²) in [6.07, 6.45) is -1.45. The molecule has 174 valence electrons. The highest BCUT2D eigenvalue weighted by molar-refractivity contribution is 6.21. The van der Waals surface area contributed by atoms with Crippen molar-refractivity contribution in [2.24, 2.45) is 5.92 Å². The fourth-order valence-corrected chi connectivity index (χ4v) is 4.29. The molecule has 0 saturated heterocycles. The molecule has 0 aromatic heterocycles. The second-order valence-electron chi connectivity index (χ2n) is 7.95. The van der Waals surface area contributed by atoms with E-state index in [9.17, 15) is 14.4 Å². The van der Waals surface area contributed by atoms with Gasteiger partial charge in [0.25, 0.3) is 0 Å². The van der Waals surface area contributed by atoms with Gasteiger partial charge in [-0.3, -0.25) is 0 Å². The van der Waals surface area contributed by atoms with E-state index < -0.39 is 41.4 Å². The second kappa shape index (κ2) is 11.0. The summed E-state index contributed by atoms with van der Waals surface area (Å²) in [5, 5.41) is -0.623. The summed E-state index contributed by atoms with van der Waals surface area (Å²) in [7, 11) is 0. The molecule has 0 radical (unpaired) electrons. The predicted octanol–water partition coefficient (Wildman–Crippen LogP) is 4.92. The van der Waals surface area contributed by atoms with E-state index in [4.69, 9.17) is 25.8 Å². The quantitative estimate of drug-likeness (QED) is 0.272. The molecule has 0 spiro atoms. The van der Waals surface area contributed by atoms with E-state index in [1.165, 1.54) is 0 Å². The Labute approximate surface area is 202 Å². The number of esters is 3. The Balaban J connectivity index is 1.51. The molecule has 0 N–H and O–H groups in total. The van der Waals surface area contributed by atoms with Crippen molar-refractivity contribution in [2.75, 3.05) is 6.61 Å². The number of ether oxygens (including phenoxy) is 3. The van der Waals surface area contributed by atoms with Gasteiger partial charge >= 0.3 is 17.9 Å². The molecule has 1 aliphatic carbocycles. The van der Waals surface area contributed by atoms with Crippen LogP contribution >= 0.6 is 11.6 Å². The predicted molar refractivity (Wildman–Crippen MR) is 126 cm³/mol. The van der Waals surface area contributed by atoms with Gasteiger partial charge in [0.2, 0.25) is 0 Å². The molecule has 1 fully saturated rings. The van der Waals surface area contributed by atoms with Gasteiger partial charge in [0.1, 0.15) is 6.10 Å². The lowest BCUT2D eigenvalue weighted by Crippen LogP contribution is -2.39. The third-order valence-electron chi connectivity index (χ3n) is 5.62. The van der Waals surface area contributed by atoms with Crippen molar-refractivity contribution >= 4 is 29.5 Å². The Hall–Kier alpha value is -3.64. The van der Waals surface area contributed by atoms with Gasteiger partial charge in [0, 0.05) is 5.92 Å². The second-order valence-corrected chi connectivity index (χ2v) is 8.51. The first-order valence-electron chi connectivity index (χ1n) is 10.9. The monoisotopic (exact) mass is 478 g/mol. The molecule has 4 atom stereocenters. The highest BCUT2D eigenvalue weighted by atomic mass is 35.5. The molecule has 0 aliphatic heterocycles. The molecule has 6 nitrogen and oxygen atoms in total. The lowest BCUT2D eigenvalue weighted by Gasteiger charge is -2.25. The maximum atomic E-state index is 12.8. The molecule has 0 amide bonds.